The minimum atomic E-state index is -3.88. The van der Waals surface area contributed by atoms with E-state index in [4.69, 9.17) is 11.5 Å². The molecule has 0 aliphatic heterocycles. The second-order valence-corrected chi connectivity index (χ2v) is 10.1. The fourth-order valence-electron chi connectivity index (χ4n) is 3.78. The molecule has 176 valence electrons. The predicted molar refractivity (Wildman–Crippen MR) is 128 cm³/mol. The third-order valence-electron chi connectivity index (χ3n) is 5.35. The van der Waals surface area contributed by atoms with E-state index < -0.39 is 16.0 Å². The van der Waals surface area contributed by atoms with Gasteiger partial charge in [-0.3, -0.25) is 9.59 Å². The van der Waals surface area contributed by atoms with E-state index in [1.165, 1.54) is 16.4 Å². The first-order valence-electron chi connectivity index (χ1n) is 10.7. The molecule has 0 radical (unpaired) electrons. The zero-order valence-electron chi connectivity index (χ0n) is 18.6. The molecule has 0 saturated heterocycles. The van der Waals surface area contributed by atoms with Gasteiger partial charge in [-0.05, 0) is 36.6 Å². The van der Waals surface area contributed by atoms with Gasteiger partial charge < -0.3 is 20.4 Å². The van der Waals surface area contributed by atoms with E-state index in [-0.39, 0.29) is 36.0 Å². The van der Waals surface area contributed by atoms with Gasteiger partial charge in [-0.1, -0.05) is 19.8 Å². The Labute approximate surface area is 192 Å². The first kappa shape index (κ1) is 24.5. The number of aryl methyl sites for hydroxylation is 1. The molecule has 3 aromatic rings. The van der Waals surface area contributed by atoms with Crippen LogP contribution in [0.3, 0.4) is 0 Å². The van der Waals surface area contributed by atoms with Crippen LogP contribution in [0.1, 0.15) is 32.3 Å². The standard InChI is InChI=1S/C23H28N4O5S/c1-4-11-27(12-10-24-15(2)3)33(31,32)17-8-9-19-18(13-17)21-16(6-5-7-20(28)29)14-25-22(21)23(30)26-19/h1,8-9,13-15,24-25H,5-7,10-12H2,2-3H3,(H,26,30)(H,28,29). The maximum absolute atomic E-state index is 13.4. The third-order valence-corrected chi connectivity index (χ3v) is 7.19. The maximum Gasteiger partial charge on any atom is 0.303 e. The molecule has 0 atom stereocenters. The molecule has 1 aromatic carbocycles. The summed E-state index contributed by atoms with van der Waals surface area (Å²) in [5.41, 5.74) is 1.25. The molecule has 4 N–H and O–H groups in total. The lowest BCUT2D eigenvalue weighted by Gasteiger charge is -2.21. The Hall–Kier alpha value is -3.13. The molecule has 2 aromatic heterocycles. The lowest BCUT2D eigenvalue weighted by molar-refractivity contribution is -0.137. The van der Waals surface area contributed by atoms with Crippen molar-refractivity contribution in [3.63, 3.8) is 0 Å². The van der Waals surface area contributed by atoms with Gasteiger partial charge in [-0.2, -0.15) is 4.31 Å². The number of aliphatic carboxylic acids is 1. The smallest absolute Gasteiger partial charge is 0.303 e. The maximum atomic E-state index is 13.4. The largest absolute Gasteiger partial charge is 0.481 e. The van der Waals surface area contributed by atoms with E-state index >= 15 is 0 Å². The summed E-state index contributed by atoms with van der Waals surface area (Å²) in [6.07, 6.45) is 7.93. The van der Waals surface area contributed by atoms with Gasteiger partial charge >= 0.3 is 5.97 Å². The Morgan fingerprint density at radius 2 is 2.09 bits per heavy atom. The highest BCUT2D eigenvalue weighted by molar-refractivity contribution is 7.89. The zero-order chi connectivity index (χ0) is 24.2. The summed E-state index contributed by atoms with van der Waals surface area (Å²) in [6, 6.07) is 4.77. The monoisotopic (exact) mass is 472 g/mol. The summed E-state index contributed by atoms with van der Waals surface area (Å²) < 4.78 is 28.0. The molecule has 9 nitrogen and oxygen atoms in total. The highest BCUT2D eigenvalue weighted by Gasteiger charge is 2.25. The number of aromatic amines is 2. The fraction of sp³-hybridized carbons (Fsp3) is 0.391. The summed E-state index contributed by atoms with van der Waals surface area (Å²) in [5, 5.41) is 13.3. The number of aromatic nitrogens is 2. The van der Waals surface area contributed by atoms with Gasteiger partial charge in [0.1, 0.15) is 5.52 Å². The quantitative estimate of drug-likeness (QED) is 0.315. The van der Waals surface area contributed by atoms with Crippen LogP contribution in [-0.4, -0.2) is 59.4 Å². The first-order valence-corrected chi connectivity index (χ1v) is 12.1. The van der Waals surface area contributed by atoms with Crippen LogP contribution in [0.25, 0.3) is 21.8 Å². The highest BCUT2D eigenvalue weighted by Crippen LogP contribution is 2.29. The van der Waals surface area contributed by atoms with Gasteiger partial charge in [0.25, 0.3) is 5.56 Å². The van der Waals surface area contributed by atoms with E-state index in [1.807, 2.05) is 13.8 Å². The van der Waals surface area contributed by atoms with Crippen LogP contribution in [0.4, 0.5) is 0 Å². The van der Waals surface area contributed by atoms with Crippen molar-refractivity contribution in [3.05, 3.63) is 40.3 Å². The van der Waals surface area contributed by atoms with Crippen LogP contribution >= 0.6 is 0 Å². The molecule has 0 amide bonds. The Balaban J connectivity index is 2.07. The van der Waals surface area contributed by atoms with Crippen molar-refractivity contribution < 1.29 is 18.3 Å². The number of H-pyrrole nitrogens is 2. The minimum absolute atomic E-state index is 0.00110. The molecule has 33 heavy (non-hydrogen) atoms. The molecule has 0 unspecified atom stereocenters. The number of pyridine rings is 1. The molecule has 2 heterocycles. The van der Waals surface area contributed by atoms with Crippen molar-refractivity contribution in [2.75, 3.05) is 19.6 Å². The predicted octanol–water partition coefficient (Wildman–Crippen LogP) is 2.04. The van der Waals surface area contributed by atoms with Gasteiger partial charge in [0.2, 0.25) is 10.0 Å². The van der Waals surface area contributed by atoms with Crippen LogP contribution in [0.2, 0.25) is 0 Å². The van der Waals surface area contributed by atoms with Crippen molar-refractivity contribution in [1.29, 1.82) is 0 Å². The number of hydrogen-bond donors (Lipinski definition) is 4. The average molecular weight is 473 g/mol. The summed E-state index contributed by atoms with van der Waals surface area (Å²) in [7, 11) is -3.88. The van der Waals surface area contributed by atoms with Crippen LogP contribution in [0, 0.1) is 12.3 Å². The molecule has 10 heteroatoms. The molecule has 0 aliphatic carbocycles. The molecule has 0 bridgehead atoms. The van der Waals surface area contributed by atoms with E-state index in [0.29, 0.717) is 41.2 Å². The highest BCUT2D eigenvalue weighted by atomic mass is 32.2. The van der Waals surface area contributed by atoms with E-state index in [2.05, 4.69) is 21.2 Å². The second kappa shape index (κ2) is 10.2. The number of rotatable bonds is 11. The average Bonchev–Trinajstić information content (AvgIpc) is 3.17. The van der Waals surface area contributed by atoms with Gasteiger partial charge in [0.15, 0.2) is 0 Å². The van der Waals surface area contributed by atoms with Crippen LogP contribution < -0.4 is 10.9 Å². The molecule has 0 aliphatic rings. The molecule has 3 rings (SSSR count). The molecule has 0 spiro atoms. The number of sulfonamides is 1. The molecular formula is C23H28N4O5S. The third kappa shape index (κ3) is 5.45. The number of fused-ring (bicyclic) bond motifs is 3. The van der Waals surface area contributed by atoms with Gasteiger partial charge in [-0.25, -0.2) is 8.42 Å². The number of carboxylic acids is 1. The Kier molecular flexibility index (Phi) is 7.58. The topological polar surface area (TPSA) is 135 Å². The number of carbonyl (C=O) groups is 1. The summed E-state index contributed by atoms with van der Waals surface area (Å²) in [6.45, 7) is 4.55. The van der Waals surface area contributed by atoms with Crippen LogP contribution in [0.5, 0.6) is 0 Å². The van der Waals surface area contributed by atoms with E-state index in [9.17, 15) is 18.0 Å². The number of hydrogen-bond acceptors (Lipinski definition) is 5. The van der Waals surface area contributed by atoms with E-state index in [1.54, 1.807) is 12.3 Å². The Morgan fingerprint density at radius 3 is 2.76 bits per heavy atom. The van der Waals surface area contributed by atoms with Crippen molar-refractivity contribution in [1.82, 2.24) is 19.6 Å². The van der Waals surface area contributed by atoms with Crippen LogP contribution in [0.15, 0.2) is 34.1 Å². The van der Waals surface area contributed by atoms with Gasteiger partial charge in [0, 0.05) is 48.0 Å². The van der Waals surface area contributed by atoms with Crippen molar-refractivity contribution in [3.8, 4) is 12.3 Å². The van der Waals surface area contributed by atoms with Gasteiger partial charge in [0.05, 0.1) is 11.4 Å². The normalized spacial score (nSPS) is 12.1. The van der Waals surface area contributed by atoms with Crippen molar-refractivity contribution in [2.45, 2.75) is 44.0 Å². The molecule has 0 saturated carbocycles. The SMILES string of the molecule is C#CCN(CCNC(C)C)S(=O)(=O)c1ccc2[nH]c(=O)c3[nH]cc(CCCC(=O)O)c3c2c1. The number of carboxylic acid groups (broad SMARTS) is 1. The Morgan fingerprint density at radius 1 is 1.33 bits per heavy atom. The minimum Gasteiger partial charge on any atom is -0.481 e. The Bertz CT molecular complexity index is 1370. The van der Waals surface area contributed by atoms with Crippen LogP contribution in [-0.2, 0) is 21.2 Å². The molecule has 0 fully saturated rings. The van der Waals surface area contributed by atoms with Crippen molar-refractivity contribution in [2.24, 2.45) is 0 Å². The van der Waals surface area contributed by atoms with E-state index in [0.717, 1.165) is 5.56 Å². The second-order valence-electron chi connectivity index (χ2n) is 8.12. The summed E-state index contributed by atoms with van der Waals surface area (Å²) in [4.78, 5) is 29.2. The summed E-state index contributed by atoms with van der Waals surface area (Å²) >= 11 is 0. The first-order chi connectivity index (χ1) is 15.6. The lowest BCUT2D eigenvalue weighted by Crippen LogP contribution is -2.38. The van der Waals surface area contributed by atoms with Gasteiger partial charge in [-0.15, -0.1) is 6.42 Å². The zero-order valence-corrected chi connectivity index (χ0v) is 19.5. The fourth-order valence-corrected chi connectivity index (χ4v) is 5.16. The number of benzene rings is 1. The number of nitrogens with one attached hydrogen (secondary N) is 3. The number of nitrogens with zero attached hydrogens (tertiary/aromatic N) is 1. The molecular weight excluding hydrogens is 444 g/mol. The summed E-state index contributed by atoms with van der Waals surface area (Å²) in [5.74, 6) is 1.52. The lowest BCUT2D eigenvalue weighted by atomic mass is 10.0. The van der Waals surface area contributed by atoms with Crippen molar-refractivity contribution >= 4 is 37.8 Å². The number of terminal acetylenes is 1.